The second kappa shape index (κ2) is 7.89. The standard InChI is InChI=1S/C11H23O6P/c1-8(2)16-18(13,17-9(3)4)7-15-10(5)11(12)14-6/h8-10H,7H2,1-6H3/t10-/m1/s1. The molecule has 0 aliphatic heterocycles. The number of methoxy groups -OCH3 is 1. The lowest BCUT2D eigenvalue weighted by molar-refractivity contribution is -0.151. The Morgan fingerprint density at radius 3 is 1.83 bits per heavy atom. The van der Waals surface area contributed by atoms with Crippen LogP contribution in [0.25, 0.3) is 0 Å². The van der Waals surface area contributed by atoms with Gasteiger partial charge in [-0.3, -0.25) is 4.57 Å². The Bertz CT molecular complexity index is 288. The number of rotatable bonds is 8. The predicted octanol–water partition coefficient (Wildman–Crippen LogP) is 2.57. The Labute approximate surface area is 108 Å². The highest BCUT2D eigenvalue weighted by Gasteiger charge is 2.30. The predicted molar refractivity (Wildman–Crippen MR) is 67.5 cm³/mol. The normalized spacial score (nSPS) is 14.0. The van der Waals surface area contributed by atoms with Gasteiger partial charge in [0.25, 0.3) is 0 Å². The monoisotopic (exact) mass is 282 g/mol. The highest BCUT2D eigenvalue weighted by Crippen LogP contribution is 2.50. The average molecular weight is 282 g/mol. The molecule has 6 nitrogen and oxygen atoms in total. The van der Waals surface area contributed by atoms with Crippen LogP contribution in [0.5, 0.6) is 0 Å². The molecule has 0 aliphatic carbocycles. The van der Waals surface area contributed by atoms with Crippen molar-refractivity contribution in [2.75, 3.05) is 13.5 Å². The summed E-state index contributed by atoms with van der Waals surface area (Å²) in [5.74, 6) is -0.532. The maximum Gasteiger partial charge on any atom is 0.356 e. The van der Waals surface area contributed by atoms with E-state index in [4.69, 9.17) is 13.8 Å². The molecule has 0 saturated heterocycles. The lowest BCUT2D eigenvalue weighted by atomic mass is 10.4. The summed E-state index contributed by atoms with van der Waals surface area (Å²) in [6.45, 7) is 8.52. The number of hydrogen-bond acceptors (Lipinski definition) is 6. The van der Waals surface area contributed by atoms with Crippen molar-refractivity contribution in [1.29, 1.82) is 0 Å². The van der Waals surface area contributed by atoms with Crippen LogP contribution in [-0.2, 0) is 27.9 Å². The maximum atomic E-state index is 12.3. The van der Waals surface area contributed by atoms with E-state index in [1.54, 1.807) is 27.7 Å². The molecule has 0 radical (unpaired) electrons. The minimum atomic E-state index is -3.37. The van der Waals surface area contributed by atoms with Crippen molar-refractivity contribution in [3.05, 3.63) is 0 Å². The summed E-state index contributed by atoms with van der Waals surface area (Å²) in [7, 11) is -2.10. The van der Waals surface area contributed by atoms with Crippen LogP contribution in [0.2, 0.25) is 0 Å². The molecule has 0 N–H and O–H groups in total. The van der Waals surface area contributed by atoms with E-state index in [0.29, 0.717) is 0 Å². The zero-order chi connectivity index (χ0) is 14.3. The van der Waals surface area contributed by atoms with Crippen LogP contribution in [0.3, 0.4) is 0 Å². The summed E-state index contributed by atoms with van der Waals surface area (Å²) in [4.78, 5) is 11.2. The zero-order valence-electron chi connectivity index (χ0n) is 11.8. The zero-order valence-corrected chi connectivity index (χ0v) is 12.7. The summed E-state index contributed by atoms with van der Waals surface area (Å²) in [6.07, 6.45) is -1.60. The number of carbonyl (C=O) groups is 1. The first kappa shape index (κ1) is 17.6. The summed E-state index contributed by atoms with van der Waals surface area (Å²) >= 11 is 0. The Morgan fingerprint density at radius 2 is 1.50 bits per heavy atom. The van der Waals surface area contributed by atoms with Crippen molar-refractivity contribution in [3.63, 3.8) is 0 Å². The Hall–Kier alpha value is -0.420. The van der Waals surface area contributed by atoms with Crippen molar-refractivity contribution >= 4 is 13.6 Å². The molecule has 0 fully saturated rings. The van der Waals surface area contributed by atoms with Crippen molar-refractivity contribution in [2.45, 2.75) is 52.9 Å². The van der Waals surface area contributed by atoms with Gasteiger partial charge in [-0.2, -0.15) is 0 Å². The van der Waals surface area contributed by atoms with Crippen LogP contribution in [0, 0.1) is 0 Å². The molecule has 18 heavy (non-hydrogen) atoms. The molecular weight excluding hydrogens is 259 g/mol. The van der Waals surface area contributed by atoms with Crippen LogP contribution in [0.4, 0.5) is 0 Å². The van der Waals surface area contributed by atoms with Gasteiger partial charge in [-0.25, -0.2) is 4.79 Å². The largest absolute Gasteiger partial charge is 0.467 e. The van der Waals surface area contributed by atoms with Gasteiger partial charge in [-0.1, -0.05) is 0 Å². The summed E-state index contributed by atoms with van der Waals surface area (Å²) in [5, 5.41) is 0. The first-order valence-electron chi connectivity index (χ1n) is 5.85. The molecule has 0 aromatic carbocycles. The van der Waals surface area contributed by atoms with Gasteiger partial charge >= 0.3 is 13.6 Å². The van der Waals surface area contributed by atoms with Crippen molar-refractivity contribution in [2.24, 2.45) is 0 Å². The quantitative estimate of drug-likeness (QED) is 0.503. The number of carbonyl (C=O) groups excluding carboxylic acids is 1. The van der Waals surface area contributed by atoms with Gasteiger partial charge in [0.15, 0.2) is 6.10 Å². The molecule has 7 heteroatoms. The smallest absolute Gasteiger partial charge is 0.356 e. The van der Waals surface area contributed by atoms with Crippen LogP contribution < -0.4 is 0 Å². The van der Waals surface area contributed by atoms with E-state index in [9.17, 15) is 9.36 Å². The van der Waals surface area contributed by atoms with E-state index in [1.807, 2.05) is 0 Å². The summed E-state index contributed by atoms with van der Waals surface area (Å²) in [5.41, 5.74) is 0. The first-order chi connectivity index (χ1) is 8.20. The summed E-state index contributed by atoms with van der Waals surface area (Å²) in [6, 6.07) is 0. The first-order valence-corrected chi connectivity index (χ1v) is 7.58. The van der Waals surface area contributed by atoms with Gasteiger partial charge in [-0.05, 0) is 34.6 Å². The van der Waals surface area contributed by atoms with Crippen molar-refractivity contribution in [1.82, 2.24) is 0 Å². The minimum Gasteiger partial charge on any atom is -0.467 e. The van der Waals surface area contributed by atoms with E-state index in [-0.39, 0.29) is 18.6 Å². The summed E-state index contributed by atoms with van der Waals surface area (Å²) < 4.78 is 32.5. The molecule has 0 heterocycles. The third-order valence-corrected chi connectivity index (χ3v) is 3.71. The molecule has 0 rings (SSSR count). The van der Waals surface area contributed by atoms with E-state index in [1.165, 1.54) is 14.0 Å². The fourth-order valence-electron chi connectivity index (χ4n) is 1.17. The second-order valence-electron chi connectivity index (χ2n) is 4.38. The van der Waals surface area contributed by atoms with Gasteiger partial charge in [0.2, 0.25) is 0 Å². The molecule has 0 spiro atoms. The average Bonchev–Trinajstić information content (AvgIpc) is 2.22. The molecule has 0 amide bonds. The molecule has 0 aromatic heterocycles. The van der Waals surface area contributed by atoms with Crippen LogP contribution >= 0.6 is 7.60 Å². The Balaban J connectivity index is 4.51. The van der Waals surface area contributed by atoms with Crippen LogP contribution in [0.1, 0.15) is 34.6 Å². The number of esters is 1. The molecule has 0 unspecified atom stereocenters. The molecular formula is C11H23O6P. The fraction of sp³-hybridized carbons (Fsp3) is 0.909. The van der Waals surface area contributed by atoms with E-state index in [0.717, 1.165) is 0 Å². The topological polar surface area (TPSA) is 71.1 Å². The third-order valence-electron chi connectivity index (χ3n) is 1.76. The second-order valence-corrected chi connectivity index (χ2v) is 6.28. The van der Waals surface area contributed by atoms with Gasteiger partial charge in [-0.15, -0.1) is 0 Å². The van der Waals surface area contributed by atoms with Gasteiger partial charge in [0, 0.05) is 0 Å². The van der Waals surface area contributed by atoms with Gasteiger partial charge < -0.3 is 18.5 Å². The Kier molecular flexibility index (Phi) is 7.71. The SMILES string of the molecule is COC(=O)[C@@H](C)OCP(=O)(OC(C)C)OC(C)C. The molecule has 0 bridgehead atoms. The number of ether oxygens (including phenoxy) is 2. The lowest BCUT2D eigenvalue weighted by Crippen LogP contribution is -2.23. The molecule has 1 atom stereocenters. The highest BCUT2D eigenvalue weighted by atomic mass is 31.2. The van der Waals surface area contributed by atoms with E-state index < -0.39 is 19.7 Å². The van der Waals surface area contributed by atoms with E-state index in [2.05, 4.69) is 4.74 Å². The van der Waals surface area contributed by atoms with Gasteiger partial charge in [0.1, 0.15) is 6.35 Å². The van der Waals surface area contributed by atoms with Crippen molar-refractivity contribution < 1.29 is 27.9 Å². The minimum absolute atomic E-state index is 0.258. The molecule has 108 valence electrons. The lowest BCUT2D eigenvalue weighted by Gasteiger charge is -2.23. The molecule has 0 aromatic rings. The molecule has 0 saturated carbocycles. The molecule has 0 aliphatic rings. The van der Waals surface area contributed by atoms with E-state index >= 15 is 0 Å². The third kappa shape index (κ3) is 7.11. The van der Waals surface area contributed by atoms with Crippen molar-refractivity contribution in [3.8, 4) is 0 Å². The Morgan fingerprint density at radius 1 is 1.06 bits per heavy atom. The maximum absolute atomic E-state index is 12.3. The van der Waals surface area contributed by atoms with Gasteiger partial charge in [0.05, 0.1) is 19.3 Å². The number of hydrogen-bond donors (Lipinski definition) is 0. The van der Waals surface area contributed by atoms with Crippen LogP contribution in [-0.4, -0.2) is 37.7 Å². The van der Waals surface area contributed by atoms with Crippen LogP contribution in [0.15, 0.2) is 0 Å². The highest BCUT2D eigenvalue weighted by molar-refractivity contribution is 7.53. The fourth-order valence-corrected chi connectivity index (χ4v) is 3.03.